The lowest BCUT2D eigenvalue weighted by Crippen LogP contribution is -2.43. The van der Waals surface area contributed by atoms with E-state index in [0.717, 1.165) is 0 Å². The number of benzene rings is 1. The molecule has 0 radical (unpaired) electrons. The monoisotopic (exact) mass is 277 g/mol. The number of nitrogens with zero attached hydrogens (tertiary/aromatic N) is 1. The van der Waals surface area contributed by atoms with E-state index < -0.39 is 28.8 Å². The fraction of sp³-hybridized carbons (Fsp3) is 0.429. The molecule has 1 aliphatic rings. The summed E-state index contributed by atoms with van der Waals surface area (Å²) in [6, 6.07) is 8.64. The van der Waals surface area contributed by atoms with Crippen molar-refractivity contribution in [3.63, 3.8) is 0 Å². The van der Waals surface area contributed by atoms with E-state index in [9.17, 15) is 19.7 Å². The SMILES string of the molecule is CC(=O)[C@]1([C@H](C[N+](=O)[O-])c2ccccc2)CCOC1=O. The second-order valence-electron chi connectivity index (χ2n) is 4.89. The Bertz CT molecular complexity index is 542. The van der Waals surface area contributed by atoms with Crippen molar-refractivity contribution in [1.82, 2.24) is 0 Å². The van der Waals surface area contributed by atoms with E-state index in [1.54, 1.807) is 30.3 Å². The van der Waals surface area contributed by atoms with Crippen LogP contribution in [-0.4, -0.2) is 29.8 Å². The van der Waals surface area contributed by atoms with Crippen LogP contribution in [0.5, 0.6) is 0 Å². The Morgan fingerprint density at radius 2 is 2.10 bits per heavy atom. The Labute approximate surface area is 115 Å². The zero-order valence-electron chi connectivity index (χ0n) is 11.1. The molecule has 0 aromatic heterocycles. The topological polar surface area (TPSA) is 86.5 Å². The summed E-state index contributed by atoms with van der Waals surface area (Å²) in [7, 11) is 0. The first-order valence-corrected chi connectivity index (χ1v) is 6.33. The van der Waals surface area contributed by atoms with Crippen LogP contribution in [0.4, 0.5) is 0 Å². The van der Waals surface area contributed by atoms with Gasteiger partial charge in [-0.15, -0.1) is 0 Å². The average Bonchev–Trinajstić information content (AvgIpc) is 2.79. The van der Waals surface area contributed by atoms with Gasteiger partial charge in [0.1, 0.15) is 11.2 Å². The molecule has 1 aromatic carbocycles. The van der Waals surface area contributed by atoms with Crippen molar-refractivity contribution in [1.29, 1.82) is 0 Å². The van der Waals surface area contributed by atoms with Gasteiger partial charge in [0.15, 0.2) is 0 Å². The van der Waals surface area contributed by atoms with E-state index in [4.69, 9.17) is 4.74 Å². The summed E-state index contributed by atoms with van der Waals surface area (Å²) in [5.41, 5.74) is -0.827. The molecule has 0 saturated carbocycles. The lowest BCUT2D eigenvalue weighted by molar-refractivity contribution is -0.485. The van der Waals surface area contributed by atoms with Crippen molar-refractivity contribution in [2.24, 2.45) is 5.41 Å². The molecule has 2 rings (SSSR count). The fourth-order valence-electron chi connectivity index (χ4n) is 2.80. The Kier molecular flexibility index (Phi) is 3.83. The van der Waals surface area contributed by atoms with Crippen molar-refractivity contribution in [3.8, 4) is 0 Å². The van der Waals surface area contributed by atoms with E-state index >= 15 is 0 Å². The van der Waals surface area contributed by atoms with E-state index in [1.165, 1.54) is 6.92 Å². The molecule has 1 aromatic rings. The smallest absolute Gasteiger partial charge is 0.320 e. The van der Waals surface area contributed by atoms with Crippen LogP contribution in [0.2, 0.25) is 0 Å². The highest BCUT2D eigenvalue weighted by atomic mass is 16.6. The molecule has 0 N–H and O–H groups in total. The number of hydrogen-bond acceptors (Lipinski definition) is 5. The summed E-state index contributed by atoms with van der Waals surface area (Å²) >= 11 is 0. The van der Waals surface area contributed by atoms with Crippen LogP contribution in [-0.2, 0) is 14.3 Å². The predicted molar refractivity (Wildman–Crippen MR) is 69.7 cm³/mol. The number of cyclic esters (lactones) is 1. The molecule has 1 saturated heterocycles. The molecule has 20 heavy (non-hydrogen) atoms. The van der Waals surface area contributed by atoms with Gasteiger partial charge in [0.25, 0.3) is 0 Å². The largest absolute Gasteiger partial charge is 0.465 e. The number of Topliss-reactive ketones (excluding diaryl/α,β-unsaturated/α-hetero) is 1. The van der Waals surface area contributed by atoms with Crippen LogP contribution in [0.15, 0.2) is 30.3 Å². The minimum atomic E-state index is -1.44. The zero-order valence-corrected chi connectivity index (χ0v) is 11.1. The van der Waals surface area contributed by atoms with Gasteiger partial charge in [0, 0.05) is 11.3 Å². The number of nitro groups is 1. The molecular weight excluding hydrogens is 262 g/mol. The molecular formula is C14H15NO5. The highest BCUT2D eigenvalue weighted by Gasteiger charge is 2.56. The Balaban J connectivity index is 2.52. The highest BCUT2D eigenvalue weighted by Crippen LogP contribution is 2.44. The molecule has 0 bridgehead atoms. The van der Waals surface area contributed by atoms with Crippen molar-refractivity contribution in [2.45, 2.75) is 19.3 Å². The van der Waals surface area contributed by atoms with Gasteiger partial charge in [-0.25, -0.2) is 0 Å². The Hall–Kier alpha value is -2.24. The van der Waals surface area contributed by atoms with Gasteiger partial charge < -0.3 is 4.74 Å². The van der Waals surface area contributed by atoms with E-state index in [2.05, 4.69) is 0 Å². The molecule has 2 atom stereocenters. The fourth-order valence-corrected chi connectivity index (χ4v) is 2.80. The van der Waals surface area contributed by atoms with Crippen LogP contribution >= 0.6 is 0 Å². The van der Waals surface area contributed by atoms with Crippen LogP contribution in [0.25, 0.3) is 0 Å². The van der Waals surface area contributed by atoms with Crippen LogP contribution in [0.3, 0.4) is 0 Å². The van der Waals surface area contributed by atoms with Gasteiger partial charge in [-0.3, -0.25) is 19.7 Å². The molecule has 0 aliphatic carbocycles. The van der Waals surface area contributed by atoms with Crippen molar-refractivity contribution in [2.75, 3.05) is 13.2 Å². The third-order valence-electron chi connectivity index (χ3n) is 3.85. The standard InChI is InChI=1S/C14H15NO5/c1-10(16)14(7-8-20-13(14)17)12(9-15(18)19)11-5-3-2-4-6-11/h2-6,12H,7-9H2,1H3/t12-,14+/m1/s1. The van der Waals surface area contributed by atoms with Crippen LogP contribution in [0, 0.1) is 15.5 Å². The highest BCUT2D eigenvalue weighted by molar-refractivity contribution is 6.04. The lowest BCUT2D eigenvalue weighted by atomic mass is 9.68. The predicted octanol–water partition coefficient (Wildman–Crippen LogP) is 1.57. The number of esters is 1. The summed E-state index contributed by atoms with van der Waals surface area (Å²) in [4.78, 5) is 34.6. The maximum absolute atomic E-state index is 12.1. The number of rotatable bonds is 5. The quantitative estimate of drug-likeness (QED) is 0.353. The van der Waals surface area contributed by atoms with Crippen LogP contribution < -0.4 is 0 Å². The van der Waals surface area contributed by atoms with Crippen LogP contribution in [0.1, 0.15) is 24.8 Å². The summed E-state index contributed by atoms with van der Waals surface area (Å²) in [6.45, 7) is 0.945. The number of ether oxygens (including phenoxy) is 1. The number of carbonyl (C=O) groups is 2. The summed E-state index contributed by atoms with van der Waals surface area (Å²) in [6.07, 6.45) is 0.189. The van der Waals surface area contributed by atoms with Gasteiger partial charge in [-0.2, -0.15) is 0 Å². The van der Waals surface area contributed by atoms with Crippen molar-refractivity contribution >= 4 is 11.8 Å². The zero-order chi connectivity index (χ0) is 14.8. The summed E-state index contributed by atoms with van der Waals surface area (Å²) in [5.74, 6) is -1.83. The minimum absolute atomic E-state index is 0.124. The van der Waals surface area contributed by atoms with Gasteiger partial charge in [-0.1, -0.05) is 30.3 Å². The molecule has 1 aliphatic heterocycles. The molecule has 106 valence electrons. The molecule has 0 unspecified atom stereocenters. The number of carbonyl (C=O) groups excluding carboxylic acids is 2. The number of ketones is 1. The molecule has 0 spiro atoms. The minimum Gasteiger partial charge on any atom is -0.465 e. The van der Waals surface area contributed by atoms with Gasteiger partial charge >= 0.3 is 5.97 Å². The molecule has 1 heterocycles. The average molecular weight is 277 g/mol. The first-order valence-electron chi connectivity index (χ1n) is 6.33. The number of hydrogen-bond donors (Lipinski definition) is 0. The third kappa shape index (κ3) is 2.29. The van der Waals surface area contributed by atoms with Gasteiger partial charge in [0.2, 0.25) is 6.54 Å². The van der Waals surface area contributed by atoms with E-state index in [-0.39, 0.29) is 18.8 Å². The molecule has 6 nitrogen and oxygen atoms in total. The van der Waals surface area contributed by atoms with E-state index in [0.29, 0.717) is 5.56 Å². The summed E-state index contributed by atoms with van der Waals surface area (Å²) in [5, 5.41) is 11.0. The first-order chi connectivity index (χ1) is 9.48. The Morgan fingerprint density at radius 3 is 2.55 bits per heavy atom. The molecule has 6 heteroatoms. The van der Waals surface area contributed by atoms with Gasteiger partial charge in [-0.05, 0) is 12.5 Å². The maximum Gasteiger partial charge on any atom is 0.320 e. The third-order valence-corrected chi connectivity index (χ3v) is 3.85. The molecule has 1 fully saturated rings. The second kappa shape index (κ2) is 5.40. The molecule has 0 amide bonds. The van der Waals surface area contributed by atoms with Crippen molar-refractivity contribution in [3.05, 3.63) is 46.0 Å². The van der Waals surface area contributed by atoms with E-state index in [1.807, 2.05) is 0 Å². The van der Waals surface area contributed by atoms with Crippen molar-refractivity contribution < 1.29 is 19.2 Å². The first kappa shape index (κ1) is 14.2. The van der Waals surface area contributed by atoms with Gasteiger partial charge in [0.05, 0.1) is 12.5 Å². The normalized spacial score (nSPS) is 23.1. The second-order valence-corrected chi connectivity index (χ2v) is 4.89. The lowest BCUT2D eigenvalue weighted by Gasteiger charge is -2.29. The summed E-state index contributed by atoms with van der Waals surface area (Å²) < 4.78 is 4.93. The maximum atomic E-state index is 12.1. The Morgan fingerprint density at radius 1 is 1.45 bits per heavy atom.